The Morgan fingerprint density at radius 1 is 1.47 bits per heavy atom. The van der Waals surface area contributed by atoms with Gasteiger partial charge in [0.15, 0.2) is 0 Å². The van der Waals surface area contributed by atoms with Crippen LogP contribution in [0.5, 0.6) is 5.75 Å². The highest BCUT2D eigenvalue weighted by Crippen LogP contribution is 2.33. The van der Waals surface area contributed by atoms with Crippen molar-refractivity contribution in [1.82, 2.24) is 0 Å². The van der Waals surface area contributed by atoms with E-state index in [0.717, 1.165) is 0 Å². The molecule has 1 saturated heterocycles. The third-order valence-corrected chi connectivity index (χ3v) is 4.35. The van der Waals surface area contributed by atoms with Gasteiger partial charge in [0, 0.05) is 19.0 Å². The smallest absolute Gasteiger partial charge is 0.307 e. The van der Waals surface area contributed by atoms with Crippen LogP contribution in [0.3, 0.4) is 0 Å². The molecule has 19 heavy (non-hydrogen) atoms. The molecule has 1 amide bonds. The fourth-order valence-corrected chi connectivity index (χ4v) is 2.87. The standard InChI is InChI=1S/C11H11ClFNO4S/c1-18-7-2-3-10(9(12)4-7)14-6-8(5-11(14)15)19(13,16)17/h2-4,8H,5-6H2,1H3. The summed E-state index contributed by atoms with van der Waals surface area (Å²) in [6.45, 7) is -0.232. The monoisotopic (exact) mass is 307 g/mol. The van der Waals surface area contributed by atoms with E-state index in [2.05, 4.69) is 0 Å². The average molecular weight is 308 g/mol. The van der Waals surface area contributed by atoms with Gasteiger partial charge in [-0.1, -0.05) is 11.6 Å². The molecule has 1 heterocycles. The molecule has 0 spiro atoms. The van der Waals surface area contributed by atoms with Crippen LogP contribution in [0.25, 0.3) is 0 Å². The molecule has 1 atom stereocenters. The van der Waals surface area contributed by atoms with E-state index in [1.807, 2.05) is 0 Å². The van der Waals surface area contributed by atoms with E-state index in [9.17, 15) is 17.1 Å². The summed E-state index contributed by atoms with van der Waals surface area (Å²) in [5.74, 6) is 0.0355. The zero-order valence-corrected chi connectivity index (χ0v) is 11.5. The molecule has 0 radical (unpaired) electrons. The van der Waals surface area contributed by atoms with Gasteiger partial charge in [-0.3, -0.25) is 4.79 Å². The first-order valence-electron chi connectivity index (χ1n) is 5.40. The summed E-state index contributed by atoms with van der Waals surface area (Å²) in [4.78, 5) is 12.9. The molecule has 5 nitrogen and oxygen atoms in total. The lowest BCUT2D eigenvalue weighted by Gasteiger charge is -2.18. The Morgan fingerprint density at radius 3 is 2.63 bits per heavy atom. The maximum absolute atomic E-state index is 12.9. The first-order valence-corrected chi connectivity index (χ1v) is 7.22. The molecule has 1 aliphatic rings. The second kappa shape index (κ2) is 4.97. The van der Waals surface area contributed by atoms with Crippen LogP contribution in [0, 0.1) is 0 Å². The largest absolute Gasteiger partial charge is 0.497 e. The van der Waals surface area contributed by atoms with Gasteiger partial charge < -0.3 is 9.64 Å². The number of hydrogen-bond donors (Lipinski definition) is 0. The topological polar surface area (TPSA) is 63.7 Å². The Morgan fingerprint density at radius 2 is 2.16 bits per heavy atom. The zero-order chi connectivity index (χ0) is 14.2. The van der Waals surface area contributed by atoms with Crippen molar-refractivity contribution in [3.63, 3.8) is 0 Å². The summed E-state index contributed by atoms with van der Waals surface area (Å²) in [6, 6.07) is 4.62. The van der Waals surface area contributed by atoms with Gasteiger partial charge in [-0.25, -0.2) is 0 Å². The normalized spacial score (nSPS) is 19.8. The molecule has 0 saturated carbocycles. The highest BCUT2D eigenvalue weighted by atomic mass is 35.5. The van der Waals surface area contributed by atoms with Gasteiger partial charge in [-0.2, -0.15) is 8.42 Å². The summed E-state index contributed by atoms with van der Waals surface area (Å²) in [6.07, 6.45) is -0.374. The number of hydrogen-bond acceptors (Lipinski definition) is 4. The van der Waals surface area contributed by atoms with Crippen molar-refractivity contribution >= 4 is 33.4 Å². The summed E-state index contributed by atoms with van der Waals surface area (Å²) < 4.78 is 39.6. The molecule has 8 heteroatoms. The van der Waals surface area contributed by atoms with Crippen molar-refractivity contribution in [2.24, 2.45) is 0 Å². The summed E-state index contributed by atoms with van der Waals surface area (Å²) in [5, 5.41) is -1.09. The lowest BCUT2D eigenvalue weighted by atomic mass is 10.3. The Kier molecular flexibility index (Phi) is 3.69. The van der Waals surface area contributed by atoms with Gasteiger partial charge >= 0.3 is 10.2 Å². The number of carbonyl (C=O) groups excluding carboxylic acids is 1. The van der Waals surface area contributed by atoms with Gasteiger partial charge in [-0.05, 0) is 12.1 Å². The predicted octanol–water partition coefficient (Wildman–Crippen LogP) is 1.75. The Labute approximate surface area is 115 Å². The molecule has 0 N–H and O–H groups in total. The van der Waals surface area contributed by atoms with Crippen molar-refractivity contribution in [2.75, 3.05) is 18.6 Å². The first kappa shape index (κ1) is 14.1. The number of nitrogens with zero attached hydrogens (tertiary/aromatic N) is 1. The van der Waals surface area contributed by atoms with Crippen molar-refractivity contribution in [3.05, 3.63) is 23.2 Å². The number of anilines is 1. The average Bonchev–Trinajstić information content (AvgIpc) is 2.71. The molecule has 0 aromatic heterocycles. The Bertz CT molecular complexity index is 619. The van der Waals surface area contributed by atoms with E-state index in [1.54, 1.807) is 6.07 Å². The van der Waals surface area contributed by atoms with Crippen molar-refractivity contribution in [2.45, 2.75) is 11.7 Å². The van der Waals surface area contributed by atoms with Crippen LogP contribution in [-0.2, 0) is 15.0 Å². The summed E-state index contributed by atoms with van der Waals surface area (Å²) in [5.41, 5.74) is 0.346. The van der Waals surface area contributed by atoms with Gasteiger partial charge in [0.2, 0.25) is 5.91 Å². The molecule has 1 aromatic rings. The highest BCUT2D eigenvalue weighted by molar-refractivity contribution is 7.87. The summed E-state index contributed by atoms with van der Waals surface area (Å²) in [7, 11) is -3.26. The van der Waals surface area contributed by atoms with Gasteiger partial charge in [0.05, 0.1) is 17.8 Å². The second-order valence-electron chi connectivity index (χ2n) is 4.12. The Hall–Kier alpha value is -1.34. The minimum absolute atomic E-state index is 0.232. The van der Waals surface area contributed by atoms with Crippen molar-refractivity contribution < 1.29 is 21.8 Å². The van der Waals surface area contributed by atoms with Crippen LogP contribution in [-0.4, -0.2) is 33.2 Å². The first-order chi connectivity index (χ1) is 8.82. The molecule has 1 aliphatic heterocycles. The van der Waals surface area contributed by atoms with E-state index >= 15 is 0 Å². The van der Waals surface area contributed by atoms with E-state index in [1.165, 1.54) is 24.1 Å². The maximum atomic E-state index is 12.9. The fraction of sp³-hybridized carbons (Fsp3) is 0.364. The van der Waals surface area contributed by atoms with Crippen LogP contribution < -0.4 is 9.64 Å². The molecule has 0 bridgehead atoms. The molecule has 1 fully saturated rings. The molecule has 2 rings (SSSR count). The summed E-state index contributed by atoms with van der Waals surface area (Å²) >= 11 is 6.00. The fourth-order valence-electron chi connectivity index (χ4n) is 1.93. The lowest BCUT2D eigenvalue weighted by Crippen LogP contribution is -2.27. The van der Waals surface area contributed by atoms with Crippen LogP contribution in [0.15, 0.2) is 18.2 Å². The minimum atomic E-state index is -4.73. The third-order valence-electron chi connectivity index (χ3n) is 2.93. The van der Waals surface area contributed by atoms with Crippen LogP contribution in [0.1, 0.15) is 6.42 Å². The van der Waals surface area contributed by atoms with Crippen molar-refractivity contribution in [3.8, 4) is 5.75 Å². The molecule has 1 aromatic carbocycles. The molecule has 1 unspecified atom stereocenters. The van der Waals surface area contributed by atoms with Gasteiger partial charge in [0.1, 0.15) is 11.0 Å². The van der Waals surface area contributed by atoms with Crippen LogP contribution in [0.4, 0.5) is 9.57 Å². The Balaban J connectivity index is 2.31. The van der Waals surface area contributed by atoms with Gasteiger partial charge in [0.25, 0.3) is 0 Å². The van der Waals surface area contributed by atoms with Gasteiger partial charge in [-0.15, -0.1) is 3.89 Å². The molecular formula is C11H11ClFNO4S. The number of rotatable bonds is 3. The number of benzene rings is 1. The molecule has 0 aliphatic carbocycles. The van der Waals surface area contributed by atoms with Crippen LogP contribution >= 0.6 is 11.6 Å². The number of ether oxygens (including phenoxy) is 1. The second-order valence-corrected chi connectivity index (χ2v) is 6.15. The van der Waals surface area contributed by atoms with Crippen LogP contribution in [0.2, 0.25) is 5.02 Å². The van der Waals surface area contributed by atoms with E-state index in [-0.39, 0.29) is 18.0 Å². The minimum Gasteiger partial charge on any atom is -0.497 e. The zero-order valence-electron chi connectivity index (χ0n) is 9.97. The lowest BCUT2D eigenvalue weighted by molar-refractivity contribution is -0.117. The quantitative estimate of drug-likeness (QED) is 0.798. The molecular weight excluding hydrogens is 297 g/mol. The predicted molar refractivity (Wildman–Crippen MR) is 68.8 cm³/mol. The maximum Gasteiger partial charge on any atom is 0.307 e. The molecule has 104 valence electrons. The van der Waals surface area contributed by atoms with E-state index in [4.69, 9.17) is 16.3 Å². The number of carbonyl (C=O) groups is 1. The van der Waals surface area contributed by atoms with E-state index in [0.29, 0.717) is 11.4 Å². The van der Waals surface area contributed by atoms with Crippen molar-refractivity contribution in [1.29, 1.82) is 0 Å². The number of methoxy groups -OCH3 is 1. The highest BCUT2D eigenvalue weighted by Gasteiger charge is 2.39. The third kappa shape index (κ3) is 2.82. The SMILES string of the molecule is COc1ccc(N2CC(S(=O)(=O)F)CC2=O)c(Cl)c1. The number of halogens is 2. The number of amides is 1. The van der Waals surface area contributed by atoms with E-state index < -0.39 is 21.4 Å².